The Morgan fingerprint density at radius 2 is 0.852 bits per heavy atom. The first-order chi connectivity index (χ1) is 13.4. The van der Waals surface area contributed by atoms with Crippen molar-refractivity contribution in [3.05, 3.63) is 122 Å². The van der Waals surface area contributed by atoms with Gasteiger partial charge in [0.25, 0.3) is 0 Å². The largest absolute Gasteiger partial charge is 0.223 e. The SMILES string of the molecule is C(#C[B-](c1ccccc1)(c1ccccc1)c1ccccc1)[n+]1ccccc1. The second kappa shape index (κ2) is 7.76. The van der Waals surface area contributed by atoms with Crippen LogP contribution in [-0.2, 0) is 0 Å². The van der Waals surface area contributed by atoms with Crippen LogP contribution in [0.2, 0.25) is 0 Å². The summed E-state index contributed by atoms with van der Waals surface area (Å²) in [5.41, 5.74) is 3.66. The van der Waals surface area contributed by atoms with Crippen LogP contribution < -0.4 is 21.0 Å². The molecule has 27 heavy (non-hydrogen) atoms. The summed E-state index contributed by atoms with van der Waals surface area (Å²) in [5.74, 6) is 3.67. The fraction of sp³-hybridized carbons (Fsp3) is 0. The van der Waals surface area contributed by atoms with E-state index in [-0.39, 0.29) is 0 Å². The van der Waals surface area contributed by atoms with Crippen molar-refractivity contribution >= 4 is 22.5 Å². The summed E-state index contributed by atoms with van der Waals surface area (Å²) in [6.45, 7) is 0. The number of pyridine rings is 1. The maximum atomic E-state index is 3.67. The van der Waals surface area contributed by atoms with Crippen molar-refractivity contribution in [2.75, 3.05) is 0 Å². The first kappa shape index (κ1) is 16.9. The average molecular weight is 345 g/mol. The van der Waals surface area contributed by atoms with Crippen LogP contribution in [0.1, 0.15) is 0 Å². The molecule has 1 heterocycles. The van der Waals surface area contributed by atoms with Crippen molar-refractivity contribution < 1.29 is 4.57 Å². The quantitative estimate of drug-likeness (QED) is 0.305. The summed E-state index contributed by atoms with van der Waals surface area (Å²) in [5, 5.41) is 0. The van der Waals surface area contributed by atoms with E-state index in [4.69, 9.17) is 0 Å². The van der Waals surface area contributed by atoms with Gasteiger partial charge in [0.15, 0.2) is 24.6 Å². The first-order valence-corrected chi connectivity index (χ1v) is 9.21. The zero-order valence-corrected chi connectivity index (χ0v) is 15.1. The summed E-state index contributed by atoms with van der Waals surface area (Å²) in [7, 11) is 0. The Hall–Kier alpha value is -3.57. The lowest BCUT2D eigenvalue weighted by Crippen LogP contribution is -2.66. The van der Waals surface area contributed by atoms with E-state index in [1.165, 1.54) is 16.4 Å². The number of nitrogens with zero attached hydrogens (tertiary/aromatic N) is 1. The highest BCUT2D eigenvalue weighted by Crippen LogP contribution is 2.06. The van der Waals surface area contributed by atoms with Crippen molar-refractivity contribution in [3.8, 4) is 11.9 Å². The molecule has 128 valence electrons. The predicted octanol–water partition coefficient (Wildman–Crippen LogP) is 2.49. The van der Waals surface area contributed by atoms with Gasteiger partial charge in [0.05, 0.1) is 0 Å². The monoisotopic (exact) mass is 345 g/mol. The van der Waals surface area contributed by atoms with Gasteiger partial charge in [-0.1, -0.05) is 97.1 Å². The Morgan fingerprint density at radius 3 is 1.26 bits per heavy atom. The molecule has 1 aromatic heterocycles. The van der Waals surface area contributed by atoms with Crippen LogP contribution in [0, 0.1) is 11.9 Å². The highest BCUT2D eigenvalue weighted by molar-refractivity contribution is 7.16. The Morgan fingerprint density at radius 1 is 0.481 bits per heavy atom. The topological polar surface area (TPSA) is 3.88 Å². The molecule has 0 aliphatic carbocycles. The van der Waals surface area contributed by atoms with Crippen LogP contribution in [0.3, 0.4) is 0 Å². The van der Waals surface area contributed by atoms with E-state index >= 15 is 0 Å². The summed E-state index contributed by atoms with van der Waals surface area (Å²) < 4.78 is 1.92. The van der Waals surface area contributed by atoms with Crippen molar-refractivity contribution in [3.63, 3.8) is 0 Å². The smallest absolute Gasteiger partial charge is 0.185 e. The second-order valence-corrected chi connectivity index (χ2v) is 6.64. The zero-order valence-electron chi connectivity index (χ0n) is 15.1. The van der Waals surface area contributed by atoms with Crippen LogP contribution in [0.5, 0.6) is 0 Å². The normalized spacial score (nSPS) is 10.7. The molecule has 2 heteroatoms. The maximum absolute atomic E-state index is 3.67. The van der Waals surface area contributed by atoms with Crippen molar-refractivity contribution in [2.24, 2.45) is 0 Å². The van der Waals surface area contributed by atoms with Gasteiger partial charge < -0.3 is 0 Å². The van der Waals surface area contributed by atoms with E-state index in [2.05, 4.69) is 103 Å². The predicted molar refractivity (Wildman–Crippen MR) is 114 cm³/mol. The molecule has 0 saturated carbocycles. The van der Waals surface area contributed by atoms with Gasteiger partial charge in [-0.15, -0.1) is 4.57 Å². The lowest BCUT2D eigenvalue weighted by molar-refractivity contribution is -0.583. The van der Waals surface area contributed by atoms with Crippen LogP contribution in [-0.4, -0.2) is 6.15 Å². The summed E-state index contributed by atoms with van der Waals surface area (Å²) >= 11 is 0. The summed E-state index contributed by atoms with van der Waals surface area (Å²) in [4.78, 5) is 0. The molecule has 4 rings (SSSR count). The zero-order chi connectivity index (χ0) is 18.4. The van der Waals surface area contributed by atoms with Crippen LogP contribution in [0.25, 0.3) is 0 Å². The third-order valence-electron chi connectivity index (χ3n) is 5.02. The van der Waals surface area contributed by atoms with E-state index in [1.807, 2.05) is 35.2 Å². The fourth-order valence-electron chi connectivity index (χ4n) is 3.70. The van der Waals surface area contributed by atoms with Gasteiger partial charge in [0.2, 0.25) is 0 Å². The van der Waals surface area contributed by atoms with Crippen LogP contribution >= 0.6 is 0 Å². The molecule has 0 bridgehead atoms. The number of aromatic nitrogens is 1. The van der Waals surface area contributed by atoms with Crippen LogP contribution in [0.15, 0.2) is 122 Å². The van der Waals surface area contributed by atoms with Gasteiger partial charge in [-0.2, -0.15) is 16.4 Å². The van der Waals surface area contributed by atoms with Crippen molar-refractivity contribution in [2.45, 2.75) is 0 Å². The Balaban J connectivity index is 2.03. The summed E-state index contributed by atoms with van der Waals surface area (Å²) in [6.07, 6.45) is 2.54. The molecule has 3 aromatic carbocycles. The van der Waals surface area contributed by atoms with E-state index in [1.54, 1.807) is 0 Å². The van der Waals surface area contributed by atoms with Gasteiger partial charge in [-0.05, 0) is 0 Å². The van der Waals surface area contributed by atoms with Gasteiger partial charge in [0, 0.05) is 12.1 Å². The van der Waals surface area contributed by atoms with E-state index in [9.17, 15) is 0 Å². The molecule has 0 aliphatic heterocycles. The molecule has 1 nitrogen and oxygen atoms in total. The molecule has 4 aromatic rings. The van der Waals surface area contributed by atoms with Gasteiger partial charge >= 0.3 is 0 Å². The minimum atomic E-state index is -1.42. The van der Waals surface area contributed by atoms with E-state index in [0.29, 0.717) is 0 Å². The molecule has 0 N–H and O–H groups in total. The number of hydrogen-bond donors (Lipinski definition) is 0. The Bertz CT molecular complexity index is 953. The van der Waals surface area contributed by atoms with Crippen LogP contribution in [0.4, 0.5) is 0 Å². The minimum absolute atomic E-state index is 1.22. The molecule has 0 amide bonds. The van der Waals surface area contributed by atoms with Gasteiger partial charge in [-0.25, -0.2) is 5.82 Å². The third-order valence-corrected chi connectivity index (χ3v) is 5.02. The number of rotatable bonds is 3. The Kier molecular flexibility index (Phi) is 4.85. The highest BCUT2D eigenvalue weighted by atomic mass is 14.9. The Labute approximate surface area is 160 Å². The molecule has 0 aliphatic rings. The summed E-state index contributed by atoms with van der Waals surface area (Å²) in [6, 6.07) is 41.2. The lowest BCUT2D eigenvalue weighted by atomic mass is 9.16. The second-order valence-electron chi connectivity index (χ2n) is 6.64. The molecule has 0 saturated heterocycles. The third kappa shape index (κ3) is 3.41. The fourth-order valence-corrected chi connectivity index (χ4v) is 3.70. The van der Waals surface area contributed by atoms with Gasteiger partial charge in [-0.3, -0.25) is 0 Å². The maximum Gasteiger partial charge on any atom is 0.185 e. The molecule has 0 spiro atoms. The van der Waals surface area contributed by atoms with E-state index in [0.717, 1.165) is 0 Å². The average Bonchev–Trinajstić information content (AvgIpc) is 2.77. The van der Waals surface area contributed by atoms with Gasteiger partial charge in [0.1, 0.15) is 0 Å². The first-order valence-electron chi connectivity index (χ1n) is 9.21. The number of hydrogen-bond acceptors (Lipinski definition) is 0. The standard InChI is InChI=1S/C25H20BN/c1-5-13-23(14-6-1)26(24-15-7-2-8-16-24,25-17-9-3-10-18-25)19-22-27-20-11-4-12-21-27/h1-18,20-21H. The van der Waals surface area contributed by atoms with E-state index < -0.39 is 6.15 Å². The number of benzene rings is 3. The molecular weight excluding hydrogens is 325 g/mol. The highest BCUT2D eigenvalue weighted by Gasteiger charge is 2.28. The van der Waals surface area contributed by atoms with Crippen molar-refractivity contribution in [1.82, 2.24) is 0 Å². The molecule has 0 unspecified atom stereocenters. The van der Waals surface area contributed by atoms with Crippen molar-refractivity contribution in [1.29, 1.82) is 0 Å². The molecule has 0 radical (unpaired) electrons. The molecular formula is C25H20BN. The molecule has 0 fully saturated rings. The lowest BCUT2D eigenvalue weighted by Gasteiger charge is -2.37. The minimum Gasteiger partial charge on any atom is -0.223 e. The molecule has 0 atom stereocenters.